The lowest BCUT2D eigenvalue weighted by molar-refractivity contribution is 0.292. The number of nitrogens with one attached hydrogen (secondary N) is 1. The van der Waals surface area contributed by atoms with E-state index in [2.05, 4.69) is 60.4 Å². The highest BCUT2D eigenvalue weighted by molar-refractivity contribution is 7.09. The van der Waals surface area contributed by atoms with Crippen LogP contribution < -0.4 is 4.87 Å². The van der Waals surface area contributed by atoms with Gasteiger partial charge in [0.05, 0.1) is 4.88 Å². The lowest BCUT2D eigenvalue weighted by atomic mass is 9.76. The number of aryl methyl sites for hydroxylation is 1. The third kappa shape index (κ3) is 4.16. The molecule has 0 saturated carbocycles. The van der Waals surface area contributed by atoms with Gasteiger partial charge in [-0.2, -0.15) is 0 Å². The van der Waals surface area contributed by atoms with Crippen LogP contribution in [0.15, 0.2) is 53.3 Å². The van der Waals surface area contributed by atoms with Gasteiger partial charge in [0.2, 0.25) is 5.88 Å². The number of hydrogen-bond donors (Lipinski definition) is 2. The van der Waals surface area contributed by atoms with Crippen molar-refractivity contribution in [1.29, 1.82) is 0 Å². The van der Waals surface area contributed by atoms with Crippen LogP contribution in [-0.4, -0.2) is 10.1 Å². The summed E-state index contributed by atoms with van der Waals surface area (Å²) in [6, 6.07) is 17.5. The number of fused-ring (bicyclic) bond motifs is 1. The van der Waals surface area contributed by atoms with Gasteiger partial charge in [-0.05, 0) is 59.8 Å². The minimum absolute atomic E-state index is 0.00961. The Morgan fingerprint density at radius 3 is 2.67 bits per heavy atom. The molecular weight excluding hydrogens is 354 g/mol. The van der Waals surface area contributed by atoms with Crippen LogP contribution in [0.1, 0.15) is 46.9 Å². The average molecular weight is 380 g/mol. The minimum Gasteiger partial charge on any atom is -0.494 e. The minimum atomic E-state index is -0.200. The lowest BCUT2D eigenvalue weighted by Crippen LogP contribution is -2.22. The highest BCUT2D eigenvalue weighted by Crippen LogP contribution is 2.37. The Bertz CT molecular complexity index is 989. The zero-order valence-electron chi connectivity index (χ0n) is 15.6. The molecule has 1 unspecified atom stereocenters. The van der Waals surface area contributed by atoms with E-state index in [0.29, 0.717) is 11.3 Å². The van der Waals surface area contributed by atoms with Crippen molar-refractivity contribution in [3.63, 3.8) is 0 Å². The molecule has 4 heteroatoms. The van der Waals surface area contributed by atoms with Gasteiger partial charge in [0.1, 0.15) is 0 Å². The molecule has 0 radical (unpaired) electrons. The maximum atomic E-state index is 11.4. The molecule has 1 heterocycles. The Hall–Kier alpha value is -2.33. The smallest absolute Gasteiger partial charge is 0.307 e. The van der Waals surface area contributed by atoms with Crippen LogP contribution >= 0.6 is 11.3 Å². The Labute approximate surface area is 163 Å². The summed E-state index contributed by atoms with van der Waals surface area (Å²) in [7, 11) is 0. The van der Waals surface area contributed by atoms with Gasteiger partial charge < -0.3 is 5.11 Å². The number of hydrogen-bond acceptors (Lipinski definition) is 3. The SMILES string of the molecule is CC1(Cc2ccccc2)CCCc2cc(Cc3sc(=O)[nH]c3O)ccc2C1. The summed E-state index contributed by atoms with van der Waals surface area (Å²) in [5.74, 6) is 0.00961. The zero-order chi connectivity index (χ0) is 18.9. The van der Waals surface area contributed by atoms with E-state index >= 15 is 0 Å². The Morgan fingerprint density at radius 2 is 1.93 bits per heavy atom. The standard InChI is InChI=1S/C23H25NO2S/c1-23(14-16-6-3-2-4-7-16)11-5-8-18-12-17(9-10-19(18)15-23)13-20-21(25)24-22(26)27-20/h2-4,6-7,9-10,12,25H,5,8,11,13-15H2,1H3,(H,24,26). The molecule has 27 heavy (non-hydrogen) atoms. The molecule has 4 rings (SSSR count). The van der Waals surface area contributed by atoms with Crippen molar-refractivity contribution in [1.82, 2.24) is 4.98 Å². The largest absolute Gasteiger partial charge is 0.494 e. The van der Waals surface area contributed by atoms with E-state index in [1.807, 2.05) is 0 Å². The van der Waals surface area contributed by atoms with Crippen molar-refractivity contribution in [2.24, 2.45) is 5.41 Å². The van der Waals surface area contributed by atoms with E-state index in [4.69, 9.17) is 0 Å². The van der Waals surface area contributed by atoms with E-state index in [1.54, 1.807) is 0 Å². The number of aromatic amines is 1. The topological polar surface area (TPSA) is 53.1 Å². The van der Waals surface area contributed by atoms with Crippen molar-refractivity contribution in [3.8, 4) is 5.88 Å². The van der Waals surface area contributed by atoms with Gasteiger partial charge in [0.25, 0.3) is 0 Å². The predicted molar refractivity (Wildman–Crippen MR) is 111 cm³/mol. The van der Waals surface area contributed by atoms with Crippen molar-refractivity contribution in [3.05, 3.63) is 85.3 Å². The molecule has 2 N–H and O–H groups in total. The first-order valence-corrected chi connectivity index (χ1v) is 10.4. The van der Waals surface area contributed by atoms with Crippen LogP contribution in [0.3, 0.4) is 0 Å². The Balaban J connectivity index is 1.55. The molecule has 0 amide bonds. The molecule has 1 aliphatic carbocycles. The third-order valence-corrected chi connectivity index (χ3v) is 6.52. The van der Waals surface area contributed by atoms with Gasteiger partial charge in [0, 0.05) is 6.42 Å². The second-order valence-electron chi connectivity index (χ2n) is 8.07. The molecule has 0 fully saturated rings. The predicted octanol–water partition coefficient (Wildman–Crippen LogP) is 4.86. The third-order valence-electron chi connectivity index (χ3n) is 5.65. The first-order valence-electron chi connectivity index (χ1n) is 9.56. The lowest BCUT2D eigenvalue weighted by Gasteiger charge is -2.29. The van der Waals surface area contributed by atoms with Crippen LogP contribution in [-0.2, 0) is 25.7 Å². The Kier molecular flexibility index (Phi) is 4.92. The van der Waals surface area contributed by atoms with Gasteiger partial charge in [-0.3, -0.25) is 9.78 Å². The van der Waals surface area contributed by atoms with Crippen molar-refractivity contribution < 1.29 is 5.11 Å². The molecule has 140 valence electrons. The number of H-pyrrole nitrogens is 1. The highest BCUT2D eigenvalue weighted by Gasteiger charge is 2.28. The molecule has 3 aromatic rings. The molecule has 0 aliphatic heterocycles. The van der Waals surface area contributed by atoms with Crippen LogP contribution in [0.4, 0.5) is 0 Å². The molecule has 1 aromatic heterocycles. The van der Waals surface area contributed by atoms with E-state index in [-0.39, 0.29) is 16.2 Å². The summed E-state index contributed by atoms with van der Waals surface area (Å²) in [5, 5.41) is 9.84. The molecule has 0 saturated heterocycles. The fraction of sp³-hybridized carbons (Fsp3) is 0.348. The molecular formula is C23H25NO2S. The van der Waals surface area contributed by atoms with Crippen LogP contribution in [0.5, 0.6) is 5.88 Å². The van der Waals surface area contributed by atoms with Crippen LogP contribution in [0, 0.1) is 5.41 Å². The van der Waals surface area contributed by atoms with Crippen molar-refractivity contribution >= 4 is 11.3 Å². The number of thiazole rings is 1. The van der Waals surface area contributed by atoms with Crippen molar-refractivity contribution in [2.45, 2.75) is 45.4 Å². The van der Waals surface area contributed by atoms with E-state index in [1.165, 1.54) is 29.5 Å². The Morgan fingerprint density at radius 1 is 1.11 bits per heavy atom. The molecule has 0 spiro atoms. The van der Waals surface area contributed by atoms with Gasteiger partial charge in [-0.15, -0.1) is 0 Å². The summed E-state index contributed by atoms with van der Waals surface area (Å²) < 4.78 is 0. The number of aromatic hydroxyl groups is 1. The second-order valence-corrected chi connectivity index (χ2v) is 9.14. The number of rotatable bonds is 4. The average Bonchev–Trinajstić information content (AvgIpc) is 2.84. The maximum Gasteiger partial charge on any atom is 0.307 e. The fourth-order valence-electron chi connectivity index (χ4n) is 4.35. The van der Waals surface area contributed by atoms with Gasteiger partial charge in [-0.1, -0.05) is 66.8 Å². The van der Waals surface area contributed by atoms with Crippen molar-refractivity contribution in [2.75, 3.05) is 0 Å². The molecule has 3 nitrogen and oxygen atoms in total. The first kappa shape index (κ1) is 18.1. The van der Waals surface area contributed by atoms with Gasteiger partial charge >= 0.3 is 4.87 Å². The normalized spacial score (nSPS) is 19.4. The summed E-state index contributed by atoms with van der Waals surface area (Å²) in [6.07, 6.45) is 6.34. The quantitative estimate of drug-likeness (QED) is 0.636. The van der Waals surface area contributed by atoms with E-state index in [0.717, 1.165) is 36.2 Å². The van der Waals surface area contributed by atoms with E-state index in [9.17, 15) is 9.90 Å². The first-order chi connectivity index (χ1) is 13.0. The highest BCUT2D eigenvalue weighted by atomic mass is 32.1. The van der Waals surface area contributed by atoms with Crippen LogP contribution in [0.2, 0.25) is 0 Å². The summed E-state index contributed by atoms with van der Waals surface area (Å²) in [6.45, 7) is 2.41. The number of aromatic nitrogens is 1. The monoisotopic (exact) mass is 379 g/mol. The molecule has 2 aromatic carbocycles. The maximum absolute atomic E-state index is 11.4. The molecule has 0 bridgehead atoms. The van der Waals surface area contributed by atoms with E-state index < -0.39 is 0 Å². The molecule has 1 atom stereocenters. The fourth-order valence-corrected chi connectivity index (χ4v) is 5.10. The summed E-state index contributed by atoms with van der Waals surface area (Å²) in [5.41, 5.74) is 5.73. The zero-order valence-corrected chi connectivity index (χ0v) is 16.4. The second kappa shape index (κ2) is 7.35. The molecule has 1 aliphatic rings. The van der Waals surface area contributed by atoms with Gasteiger partial charge in [-0.25, -0.2) is 0 Å². The summed E-state index contributed by atoms with van der Waals surface area (Å²) in [4.78, 5) is 14.4. The van der Waals surface area contributed by atoms with Crippen LogP contribution in [0.25, 0.3) is 0 Å². The number of benzene rings is 2. The van der Waals surface area contributed by atoms with Gasteiger partial charge in [0.15, 0.2) is 0 Å². The summed E-state index contributed by atoms with van der Waals surface area (Å²) >= 11 is 1.09.